The van der Waals surface area contributed by atoms with E-state index in [-0.39, 0.29) is 18.6 Å². The zero-order valence-electron chi connectivity index (χ0n) is 19.6. The standard InChI is InChI=1S/C25H24N2O6S4/c28-36(29,30)15-5-13-26-20-9-3-4-10-21(20)34-23(26)17-24-27(14-6-16-37(31,32)33)25-19-8-2-1-7-18(19)11-12-22(25)35-24/h1-4,7-12,17H,5-6,13-16H2,(H-,28,29,30,31,32,33). The van der Waals surface area contributed by atoms with Crippen LogP contribution < -0.4 is 9.47 Å². The first kappa shape index (κ1) is 26.1. The van der Waals surface area contributed by atoms with E-state index in [1.807, 2.05) is 65.6 Å². The van der Waals surface area contributed by atoms with Crippen LogP contribution in [0, 0.1) is 0 Å². The van der Waals surface area contributed by atoms with Gasteiger partial charge in [-0.1, -0.05) is 59.5 Å². The predicted octanol–water partition coefficient (Wildman–Crippen LogP) is 4.47. The first-order valence-electron chi connectivity index (χ1n) is 11.6. The maximum Gasteiger partial charge on any atom is 0.265 e. The van der Waals surface area contributed by atoms with Crippen LogP contribution in [0.1, 0.15) is 17.8 Å². The minimum atomic E-state index is -4.33. The summed E-state index contributed by atoms with van der Waals surface area (Å²) in [6.45, 7) is 0.757. The molecule has 4 aromatic rings. The Morgan fingerprint density at radius 2 is 1.70 bits per heavy atom. The van der Waals surface area contributed by atoms with Gasteiger partial charge in [0.25, 0.3) is 15.1 Å². The summed E-state index contributed by atoms with van der Waals surface area (Å²) in [4.78, 5) is 3.08. The second kappa shape index (κ2) is 10.4. The maximum atomic E-state index is 11.3. The van der Waals surface area contributed by atoms with Crippen molar-refractivity contribution in [3.8, 4) is 0 Å². The van der Waals surface area contributed by atoms with Crippen LogP contribution in [0.4, 0.5) is 5.69 Å². The number of nitrogens with zero attached hydrogens (tertiary/aromatic N) is 2. The fraction of sp³-hybridized carbons (Fsp3) is 0.240. The van der Waals surface area contributed by atoms with Crippen molar-refractivity contribution in [2.75, 3.05) is 23.0 Å². The molecule has 1 aromatic heterocycles. The largest absolute Gasteiger partial charge is 0.748 e. The van der Waals surface area contributed by atoms with Gasteiger partial charge in [-0.2, -0.15) is 13.0 Å². The van der Waals surface area contributed by atoms with Crippen molar-refractivity contribution in [1.82, 2.24) is 0 Å². The monoisotopic (exact) mass is 576 g/mol. The van der Waals surface area contributed by atoms with Crippen LogP contribution in [-0.4, -0.2) is 44.0 Å². The lowest BCUT2D eigenvalue weighted by molar-refractivity contribution is -0.667. The summed E-state index contributed by atoms with van der Waals surface area (Å²) >= 11 is 3.15. The van der Waals surface area contributed by atoms with Crippen LogP contribution in [0.5, 0.6) is 0 Å². The van der Waals surface area contributed by atoms with Crippen LogP contribution in [0.25, 0.3) is 27.1 Å². The Morgan fingerprint density at radius 3 is 2.49 bits per heavy atom. The van der Waals surface area contributed by atoms with Crippen LogP contribution in [0.3, 0.4) is 0 Å². The van der Waals surface area contributed by atoms with Gasteiger partial charge in [-0.05, 0) is 36.1 Å². The molecule has 0 radical (unpaired) electrons. The van der Waals surface area contributed by atoms with Gasteiger partial charge in [0.2, 0.25) is 5.52 Å². The number of aromatic nitrogens is 1. The summed E-state index contributed by atoms with van der Waals surface area (Å²) in [6, 6.07) is 19.9. The van der Waals surface area contributed by atoms with Crippen molar-refractivity contribution in [1.29, 1.82) is 0 Å². The van der Waals surface area contributed by atoms with Gasteiger partial charge in [-0.15, -0.1) is 0 Å². The van der Waals surface area contributed by atoms with Crippen LogP contribution in [0.2, 0.25) is 0 Å². The molecule has 0 unspecified atom stereocenters. The molecule has 0 amide bonds. The third-order valence-corrected chi connectivity index (χ3v) is 9.86. The zero-order valence-corrected chi connectivity index (χ0v) is 22.9. The summed E-state index contributed by atoms with van der Waals surface area (Å²) in [6.07, 6.45) is 2.47. The number of aryl methyl sites for hydroxylation is 1. The quantitative estimate of drug-likeness (QED) is 0.229. The molecule has 194 valence electrons. The maximum absolute atomic E-state index is 11.3. The average molecular weight is 577 g/mol. The lowest BCUT2D eigenvalue weighted by atomic mass is 10.1. The number of fused-ring (bicyclic) bond motifs is 4. The molecule has 12 heteroatoms. The minimum absolute atomic E-state index is 0.188. The van der Waals surface area contributed by atoms with Crippen molar-refractivity contribution in [3.05, 3.63) is 70.7 Å². The van der Waals surface area contributed by atoms with E-state index in [1.54, 1.807) is 23.1 Å². The van der Waals surface area contributed by atoms with Crippen molar-refractivity contribution in [3.63, 3.8) is 0 Å². The molecule has 0 fully saturated rings. The Hall–Kier alpha value is -2.48. The highest BCUT2D eigenvalue weighted by Crippen LogP contribution is 2.46. The molecule has 0 atom stereocenters. The number of anilines is 1. The number of hydrogen-bond donors (Lipinski definition) is 1. The molecule has 0 saturated heterocycles. The fourth-order valence-corrected chi connectivity index (χ4v) is 7.82. The van der Waals surface area contributed by atoms with Crippen LogP contribution in [-0.2, 0) is 26.8 Å². The molecule has 3 aromatic carbocycles. The number of thioether (sulfide) groups is 1. The van der Waals surface area contributed by atoms with E-state index < -0.39 is 26.0 Å². The molecule has 37 heavy (non-hydrogen) atoms. The van der Waals surface area contributed by atoms with Crippen molar-refractivity contribution >= 4 is 76.1 Å². The Bertz CT molecular complexity index is 1730. The van der Waals surface area contributed by atoms with E-state index in [1.165, 1.54) is 0 Å². The number of hydrogen-bond acceptors (Lipinski definition) is 8. The van der Waals surface area contributed by atoms with E-state index in [0.29, 0.717) is 13.1 Å². The van der Waals surface area contributed by atoms with Gasteiger partial charge >= 0.3 is 0 Å². The molecule has 2 heterocycles. The van der Waals surface area contributed by atoms with E-state index in [2.05, 4.69) is 10.6 Å². The van der Waals surface area contributed by atoms with Gasteiger partial charge < -0.3 is 9.45 Å². The van der Waals surface area contributed by atoms with Crippen LogP contribution >= 0.6 is 23.1 Å². The number of thiazole rings is 1. The molecule has 0 aliphatic carbocycles. The topological polar surface area (TPSA) is 119 Å². The fourth-order valence-electron chi connectivity index (χ4n) is 4.50. The molecule has 0 saturated carbocycles. The smallest absolute Gasteiger partial charge is 0.265 e. The minimum Gasteiger partial charge on any atom is -0.748 e. The molecule has 1 N–H and O–H groups in total. The number of benzene rings is 3. The van der Waals surface area contributed by atoms with Crippen LogP contribution in [0.15, 0.2) is 70.6 Å². The van der Waals surface area contributed by atoms with Crippen molar-refractivity contribution in [2.45, 2.75) is 24.3 Å². The molecule has 0 spiro atoms. The average Bonchev–Trinajstić information content (AvgIpc) is 3.36. The van der Waals surface area contributed by atoms with Gasteiger partial charge in [-0.25, -0.2) is 8.42 Å². The van der Waals surface area contributed by atoms with E-state index in [4.69, 9.17) is 0 Å². The Morgan fingerprint density at radius 1 is 0.946 bits per heavy atom. The van der Waals surface area contributed by atoms with Crippen molar-refractivity contribution in [2.24, 2.45) is 0 Å². The molecular formula is C25H24N2O6S4. The van der Waals surface area contributed by atoms with Gasteiger partial charge in [0.15, 0.2) is 6.54 Å². The zero-order chi connectivity index (χ0) is 26.2. The predicted molar refractivity (Wildman–Crippen MR) is 147 cm³/mol. The summed E-state index contributed by atoms with van der Waals surface area (Å²) in [5.74, 6) is -0.776. The normalized spacial score (nSPS) is 15.2. The lowest BCUT2D eigenvalue weighted by Crippen LogP contribution is -2.36. The van der Waals surface area contributed by atoms with E-state index in [0.717, 1.165) is 41.6 Å². The molecule has 5 rings (SSSR count). The Balaban J connectivity index is 1.59. The third kappa shape index (κ3) is 6.00. The van der Waals surface area contributed by atoms with E-state index in [9.17, 15) is 25.9 Å². The Kier molecular flexibility index (Phi) is 7.31. The molecule has 0 bridgehead atoms. The first-order chi connectivity index (χ1) is 17.6. The van der Waals surface area contributed by atoms with Gasteiger partial charge in [0, 0.05) is 23.6 Å². The SMILES string of the molecule is O=S(=O)([O-])CCC[n+]1c(/C=C2/Sc3ccccc3N2CCCS(=O)(=O)O)sc2ccc3ccccc3c21. The second-order valence-electron chi connectivity index (χ2n) is 8.68. The molecule has 1 aliphatic heterocycles. The number of rotatable bonds is 9. The second-order valence-corrected chi connectivity index (χ2v) is 13.9. The Labute approximate surface area is 223 Å². The van der Waals surface area contributed by atoms with Gasteiger partial charge in [0.05, 0.1) is 38.0 Å². The molecule has 8 nitrogen and oxygen atoms in total. The first-order valence-corrected chi connectivity index (χ1v) is 16.4. The highest BCUT2D eigenvalue weighted by Gasteiger charge is 2.28. The van der Waals surface area contributed by atoms with Gasteiger partial charge in [0.1, 0.15) is 4.70 Å². The summed E-state index contributed by atoms with van der Waals surface area (Å²) in [5.41, 5.74) is 1.95. The molecular weight excluding hydrogens is 553 g/mol. The molecule has 1 aliphatic rings. The van der Waals surface area contributed by atoms with Gasteiger partial charge in [-0.3, -0.25) is 4.55 Å². The summed E-state index contributed by atoms with van der Waals surface area (Å²) in [7, 11) is -8.40. The number of para-hydroxylation sites is 1. The highest BCUT2D eigenvalue weighted by molar-refractivity contribution is 8.04. The highest BCUT2D eigenvalue weighted by atomic mass is 32.2. The van der Waals surface area contributed by atoms with E-state index >= 15 is 0 Å². The third-order valence-electron chi connectivity index (χ3n) is 6.06. The lowest BCUT2D eigenvalue weighted by Gasteiger charge is -2.19. The summed E-state index contributed by atoms with van der Waals surface area (Å²) < 4.78 is 68.8. The van der Waals surface area contributed by atoms with Crippen molar-refractivity contribution < 1.29 is 30.5 Å². The summed E-state index contributed by atoms with van der Waals surface area (Å²) in [5, 5.41) is 3.90.